The SMILES string of the molecule is CN(c1cc(C(F)(F)F)nc2ccc(Cl)cc12)[C@H]1CC[C@@H](NC(=O)[C@@H](NC(=O)NC(C)(C)C)C(C)(C)C)CC1. The monoisotopic (exact) mass is 569 g/mol. The van der Waals surface area contributed by atoms with Gasteiger partial charge in [0.25, 0.3) is 0 Å². The third-order valence-electron chi connectivity index (χ3n) is 6.90. The number of halogens is 4. The van der Waals surface area contributed by atoms with E-state index in [1.54, 1.807) is 13.1 Å². The molecule has 216 valence electrons. The number of hydrogen-bond donors (Lipinski definition) is 3. The van der Waals surface area contributed by atoms with Gasteiger partial charge >= 0.3 is 12.2 Å². The number of aromatic nitrogens is 1. The van der Waals surface area contributed by atoms with E-state index in [0.717, 1.165) is 6.07 Å². The molecule has 7 nitrogen and oxygen atoms in total. The van der Waals surface area contributed by atoms with E-state index < -0.39 is 34.9 Å². The van der Waals surface area contributed by atoms with Crippen LogP contribution in [0.25, 0.3) is 10.9 Å². The van der Waals surface area contributed by atoms with Crippen LogP contribution in [0.3, 0.4) is 0 Å². The summed E-state index contributed by atoms with van der Waals surface area (Å²) in [7, 11) is 1.78. The van der Waals surface area contributed by atoms with E-state index in [4.69, 9.17) is 11.6 Å². The number of anilines is 1. The standard InChI is InChI=1S/C28H39ClF3N5O2/c1-26(2,3)23(35-25(39)36-27(4,5)6)24(38)33-17-9-11-18(12-10-17)37(7)21-15-22(28(30,31)32)34-20-13-8-16(29)14-19(20)21/h8,13-15,17-18,23H,9-12H2,1-7H3,(H,33,38)(H2,35,36,39)/t17-,18+,23-/m1/s1. The van der Waals surface area contributed by atoms with Gasteiger partial charge in [0.15, 0.2) is 0 Å². The maximum absolute atomic E-state index is 13.6. The molecule has 0 aliphatic heterocycles. The summed E-state index contributed by atoms with van der Waals surface area (Å²) < 4.78 is 40.8. The van der Waals surface area contributed by atoms with Gasteiger partial charge in [0.2, 0.25) is 5.91 Å². The fourth-order valence-electron chi connectivity index (χ4n) is 4.89. The van der Waals surface area contributed by atoms with Crippen molar-refractivity contribution < 1.29 is 22.8 Å². The summed E-state index contributed by atoms with van der Waals surface area (Å²) >= 11 is 6.16. The molecule has 0 unspecified atom stereocenters. The third-order valence-corrected chi connectivity index (χ3v) is 7.14. The third kappa shape index (κ3) is 8.13. The molecule has 3 amide bonds. The minimum Gasteiger partial charge on any atom is -0.371 e. The summed E-state index contributed by atoms with van der Waals surface area (Å²) in [4.78, 5) is 31.4. The Morgan fingerprint density at radius 1 is 1.03 bits per heavy atom. The van der Waals surface area contributed by atoms with E-state index in [-0.39, 0.29) is 23.5 Å². The average Bonchev–Trinajstić information content (AvgIpc) is 2.79. The van der Waals surface area contributed by atoms with Crippen LogP contribution in [0.15, 0.2) is 24.3 Å². The van der Waals surface area contributed by atoms with Crippen LogP contribution >= 0.6 is 11.6 Å². The highest BCUT2D eigenvalue weighted by Gasteiger charge is 2.37. The number of benzene rings is 1. The Morgan fingerprint density at radius 2 is 1.64 bits per heavy atom. The van der Waals surface area contributed by atoms with Crippen molar-refractivity contribution in [2.24, 2.45) is 5.41 Å². The van der Waals surface area contributed by atoms with E-state index in [1.807, 2.05) is 46.4 Å². The lowest BCUT2D eigenvalue weighted by atomic mass is 9.85. The minimum absolute atomic E-state index is 0.0297. The van der Waals surface area contributed by atoms with Gasteiger partial charge in [-0.25, -0.2) is 9.78 Å². The van der Waals surface area contributed by atoms with E-state index in [0.29, 0.717) is 41.8 Å². The largest absolute Gasteiger partial charge is 0.433 e. The number of alkyl halides is 3. The maximum atomic E-state index is 13.6. The van der Waals surface area contributed by atoms with Crippen molar-refractivity contribution in [3.8, 4) is 0 Å². The molecule has 3 rings (SSSR count). The fraction of sp³-hybridized carbons (Fsp3) is 0.607. The Bertz CT molecular complexity index is 1200. The van der Waals surface area contributed by atoms with Gasteiger partial charge in [-0.3, -0.25) is 4.79 Å². The number of nitrogens with one attached hydrogen (secondary N) is 3. The first kappa shape index (κ1) is 30.8. The molecule has 3 N–H and O–H groups in total. The van der Waals surface area contributed by atoms with Gasteiger partial charge in [0.1, 0.15) is 11.7 Å². The molecule has 1 aromatic heterocycles. The number of hydrogen-bond acceptors (Lipinski definition) is 4. The highest BCUT2D eigenvalue weighted by atomic mass is 35.5. The normalized spacial score (nSPS) is 19.4. The minimum atomic E-state index is -4.58. The Labute approximate surface area is 233 Å². The number of amides is 3. The maximum Gasteiger partial charge on any atom is 0.433 e. The van der Waals surface area contributed by atoms with Crippen LogP contribution in [0.5, 0.6) is 0 Å². The van der Waals surface area contributed by atoms with Crippen molar-refractivity contribution in [1.82, 2.24) is 20.9 Å². The van der Waals surface area contributed by atoms with Crippen molar-refractivity contribution in [1.29, 1.82) is 0 Å². The molecule has 1 heterocycles. The van der Waals surface area contributed by atoms with Crippen LogP contribution in [0.4, 0.5) is 23.7 Å². The second kappa shape index (κ2) is 11.4. The van der Waals surface area contributed by atoms with E-state index in [1.165, 1.54) is 12.1 Å². The van der Waals surface area contributed by atoms with Crippen molar-refractivity contribution in [3.05, 3.63) is 35.0 Å². The lowest BCUT2D eigenvalue weighted by Gasteiger charge is -2.38. The van der Waals surface area contributed by atoms with Crippen LogP contribution in [0.1, 0.15) is 72.9 Å². The molecule has 1 saturated carbocycles. The molecule has 2 aromatic rings. The van der Waals surface area contributed by atoms with Crippen molar-refractivity contribution in [3.63, 3.8) is 0 Å². The fourth-order valence-corrected chi connectivity index (χ4v) is 5.06. The van der Waals surface area contributed by atoms with Gasteiger partial charge in [-0.05, 0) is 76.1 Å². The Kier molecular flexibility index (Phi) is 8.99. The van der Waals surface area contributed by atoms with Crippen LogP contribution in [0, 0.1) is 5.41 Å². The second-order valence-electron chi connectivity index (χ2n) is 12.5. The number of fused-ring (bicyclic) bond motifs is 1. The van der Waals surface area contributed by atoms with Crippen LogP contribution in [-0.4, -0.2) is 47.6 Å². The van der Waals surface area contributed by atoms with Crippen LogP contribution in [-0.2, 0) is 11.0 Å². The molecule has 39 heavy (non-hydrogen) atoms. The second-order valence-corrected chi connectivity index (χ2v) is 12.9. The molecule has 0 radical (unpaired) electrons. The molecule has 1 aliphatic carbocycles. The first-order valence-electron chi connectivity index (χ1n) is 13.1. The van der Waals surface area contributed by atoms with E-state index in [2.05, 4.69) is 20.9 Å². The topological polar surface area (TPSA) is 86.4 Å². The zero-order valence-corrected chi connectivity index (χ0v) is 24.3. The zero-order valence-electron chi connectivity index (χ0n) is 23.6. The molecular formula is C28H39ClF3N5O2. The highest BCUT2D eigenvalue weighted by Crippen LogP contribution is 2.37. The van der Waals surface area contributed by atoms with Gasteiger partial charge in [-0.1, -0.05) is 32.4 Å². The average molecular weight is 570 g/mol. The Hall–Kier alpha value is -2.75. The van der Waals surface area contributed by atoms with Crippen molar-refractivity contribution in [2.45, 2.75) is 97.1 Å². The van der Waals surface area contributed by atoms with Crippen molar-refractivity contribution >= 4 is 40.1 Å². The summed E-state index contributed by atoms with van der Waals surface area (Å²) in [6.45, 7) is 11.3. The number of pyridine rings is 1. The molecule has 1 fully saturated rings. The molecule has 0 spiro atoms. The predicted molar refractivity (Wildman–Crippen MR) is 149 cm³/mol. The predicted octanol–water partition coefficient (Wildman–Crippen LogP) is 6.28. The molecule has 11 heteroatoms. The molecule has 1 aromatic carbocycles. The number of rotatable bonds is 5. The first-order chi connectivity index (χ1) is 17.8. The van der Waals surface area contributed by atoms with Gasteiger partial charge in [0.05, 0.1) is 5.52 Å². The quantitative estimate of drug-likeness (QED) is 0.395. The highest BCUT2D eigenvalue weighted by molar-refractivity contribution is 6.31. The lowest BCUT2D eigenvalue weighted by molar-refractivity contribution is -0.141. The summed E-state index contributed by atoms with van der Waals surface area (Å²) in [5.41, 5.74) is -1.26. The van der Waals surface area contributed by atoms with E-state index in [9.17, 15) is 22.8 Å². The summed E-state index contributed by atoms with van der Waals surface area (Å²) in [6, 6.07) is 4.46. The van der Waals surface area contributed by atoms with Gasteiger partial charge in [0, 0.05) is 40.8 Å². The number of carbonyl (C=O) groups excluding carboxylic acids is 2. The van der Waals surface area contributed by atoms with E-state index >= 15 is 0 Å². The first-order valence-corrected chi connectivity index (χ1v) is 13.5. The molecule has 0 saturated heterocycles. The number of nitrogens with zero attached hydrogens (tertiary/aromatic N) is 2. The van der Waals surface area contributed by atoms with Crippen molar-refractivity contribution in [2.75, 3.05) is 11.9 Å². The molecule has 1 atom stereocenters. The van der Waals surface area contributed by atoms with Crippen LogP contribution < -0.4 is 20.9 Å². The Balaban J connectivity index is 1.71. The van der Waals surface area contributed by atoms with Gasteiger partial charge in [-0.15, -0.1) is 0 Å². The van der Waals surface area contributed by atoms with Gasteiger partial charge < -0.3 is 20.9 Å². The molecule has 0 bridgehead atoms. The van der Waals surface area contributed by atoms with Crippen LogP contribution in [0.2, 0.25) is 5.02 Å². The molecular weight excluding hydrogens is 531 g/mol. The number of urea groups is 1. The van der Waals surface area contributed by atoms with Gasteiger partial charge in [-0.2, -0.15) is 13.2 Å². The lowest BCUT2D eigenvalue weighted by Crippen LogP contribution is -2.59. The summed E-state index contributed by atoms with van der Waals surface area (Å²) in [5.74, 6) is -0.257. The zero-order chi connectivity index (χ0) is 29.3. The summed E-state index contributed by atoms with van der Waals surface area (Å²) in [6.07, 6.45) is -1.92. The molecule has 1 aliphatic rings. The number of carbonyl (C=O) groups is 2. The smallest absolute Gasteiger partial charge is 0.371 e. The summed E-state index contributed by atoms with van der Waals surface area (Å²) in [5, 5.41) is 9.70. The Morgan fingerprint density at radius 3 is 2.18 bits per heavy atom.